The molecule has 0 aliphatic carbocycles. The summed E-state index contributed by atoms with van der Waals surface area (Å²) in [5, 5.41) is 0.645. The summed E-state index contributed by atoms with van der Waals surface area (Å²) in [7, 11) is 0.0309. The Kier molecular flexibility index (Phi) is 3.55. The van der Waals surface area contributed by atoms with Crippen LogP contribution >= 0.6 is 11.8 Å². The SMILES string of the molecule is CSC1CC2CCC(C1)N2S(=O)(=O)N(C)C. The van der Waals surface area contributed by atoms with Crippen LogP contribution < -0.4 is 0 Å². The number of hydrogen-bond acceptors (Lipinski definition) is 3. The highest BCUT2D eigenvalue weighted by Gasteiger charge is 2.47. The van der Waals surface area contributed by atoms with Crippen molar-refractivity contribution in [3.8, 4) is 0 Å². The summed E-state index contributed by atoms with van der Waals surface area (Å²) < 4.78 is 27.5. The lowest BCUT2D eigenvalue weighted by Crippen LogP contribution is -2.51. The molecule has 0 aromatic heterocycles. The van der Waals surface area contributed by atoms with Crippen molar-refractivity contribution < 1.29 is 8.42 Å². The van der Waals surface area contributed by atoms with E-state index in [0.29, 0.717) is 5.25 Å². The number of nitrogens with zero attached hydrogens (tertiary/aromatic N) is 2. The van der Waals surface area contributed by atoms with Crippen LogP contribution in [0.5, 0.6) is 0 Å². The first-order valence-corrected chi connectivity index (χ1v) is 8.39. The average Bonchev–Trinajstić information content (AvgIpc) is 2.50. The lowest BCUT2D eigenvalue weighted by Gasteiger charge is -2.38. The van der Waals surface area contributed by atoms with Gasteiger partial charge < -0.3 is 0 Å². The third-order valence-corrected chi connectivity index (χ3v) is 6.79. The summed E-state index contributed by atoms with van der Waals surface area (Å²) in [5.41, 5.74) is 0. The van der Waals surface area contributed by atoms with Crippen molar-refractivity contribution in [1.29, 1.82) is 0 Å². The topological polar surface area (TPSA) is 40.6 Å². The summed E-state index contributed by atoms with van der Waals surface area (Å²) in [6.45, 7) is 0. The van der Waals surface area contributed by atoms with Crippen molar-refractivity contribution in [3.05, 3.63) is 0 Å². The molecule has 0 radical (unpaired) electrons. The smallest absolute Gasteiger partial charge is 0.195 e. The molecule has 0 aromatic rings. The molecule has 2 saturated heterocycles. The minimum Gasteiger partial charge on any atom is -0.195 e. The Hall–Kier alpha value is 0.220. The zero-order chi connectivity index (χ0) is 11.9. The molecule has 2 aliphatic heterocycles. The van der Waals surface area contributed by atoms with Gasteiger partial charge in [0.05, 0.1) is 0 Å². The van der Waals surface area contributed by atoms with Gasteiger partial charge in [0.25, 0.3) is 10.2 Å². The van der Waals surface area contributed by atoms with Crippen molar-refractivity contribution in [2.45, 2.75) is 43.0 Å². The Morgan fingerprint density at radius 3 is 2.06 bits per heavy atom. The maximum absolute atomic E-state index is 12.2. The highest BCUT2D eigenvalue weighted by Crippen LogP contribution is 2.41. The Morgan fingerprint density at radius 2 is 1.69 bits per heavy atom. The first-order valence-electron chi connectivity index (χ1n) is 5.70. The maximum atomic E-state index is 12.2. The molecule has 0 aromatic carbocycles. The van der Waals surface area contributed by atoms with E-state index in [1.807, 2.05) is 11.8 Å². The largest absolute Gasteiger partial charge is 0.281 e. The third-order valence-electron chi connectivity index (χ3n) is 3.68. The Balaban J connectivity index is 2.21. The Bertz CT molecular complexity index is 342. The second kappa shape index (κ2) is 4.48. The summed E-state index contributed by atoms with van der Waals surface area (Å²) in [6.07, 6.45) is 6.24. The molecule has 0 amide bonds. The minimum atomic E-state index is -3.21. The van der Waals surface area contributed by atoms with Crippen LogP contribution in [0.25, 0.3) is 0 Å². The highest BCUT2D eigenvalue weighted by molar-refractivity contribution is 7.99. The van der Waals surface area contributed by atoms with E-state index in [9.17, 15) is 8.42 Å². The molecule has 94 valence electrons. The molecule has 2 rings (SSSR count). The normalized spacial score (nSPS) is 35.9. The van der Waals surface area contributed by atoms with Crippen molar-refractivity contribution in [1.82, 2.24) is 8.61 Å². The molecule has 0 saturated carbocycles. The van der Waals surface area contributed by atoms with Crippen LogP contribution in [0, 0.1) is 0 Å². The fourth-order valence-electron chi connectivity index (χ4n) is 2.84. The van der Waals surface area contributed by atoms with Gasteiger partial charge in [-0.15, -0.1) is 0 Å². The van der Waals surface area contributed by atoms with Gasteiger partial charge in [-0.2, -0.15) is 28.8 Å². The van der Waals surface area contributed by atoms with E-state index in [0.717, 1.165) is 25.7 Å². The molecule has 4 nitrogen and oxygen atoms in total. The van der Waals surface area contributed by atoms with E-state index >= 15 is 0 Å². The van der Waals surface area contributed by atoms with Crippen molar-refractivity contribution in [2.75, 3.05) is 20.4 Å². The fraction of sp³-hybridized carbons (Fsp3) is 1.00. The highest BCUT2D eigenvalue weighted by atomic mass is 32.2. The van der Waals surface area contributed by atoms with E-state index in [2.05, 4.69) is 6.26 Å². The first kappa shape index (κ1) is 12.7. The molecule has 2 heterocycles. The number of thioether (sulfide) groups is 1. The lowest BCUT2D eigenvalue weighted by atomic mass is 10.1. The van der Waals surface area contributed by atoms with Gasteiger partial charge in [0.2, 0.25) is 0 Å². The Labute approximate surface area is 103 Å². The van der Waals surface area contributed by atoms with Crippen LogP contribution in [-0.2, 0) is 10.2 Å². The second-order valence-corrected chi connectivity index (χ2v) is 8.02. The monoisotopic (exact) mass is 264 g/mol. The standard InChI is InChI=1S/C10H20N2O2S2/c1-11(2)16(13,14)12-8-4-5-9(12)7-10(6-8)15-3/h8-10H,4-7H2,1-3H3. The van der Waals surface area contributed by atoms with Gasteiger partial charge in [-0.3, -0.25) is 0 Å². The van der Waals surface area contributed by atoms with E-state index in [1.165, 1.54) is 4.31 Å². The molecule has 2 aliphatic rings. The molecule has 16 heavy (non-hydrogen) atoms. The molecule has 2 fully saturated rings. The van der Waals surface area contributed by atoms with Crippen molar-refractivity contribution >= 4 is 22.0 Å². The lowest BCUT2D eigenvalue weighted by molar-refractivity contribution is 0.240. The molecule has 6 heteroatoms. The predicted molar refractivity (Wildman–Crippen MR) is 67.8 cm³/mol. The number of fused-ring (bicyclic) bond motifs is 2. The molecule has 0 N–H and O–H groups in total. The van der Waals surface area contributed by atoms with Crippen molar-refractivity contribution in [2.24, 2.45) is 0 Å². The van der Waals surface area contributed by atoms with E-state index < -0.39 is 10.2 Å². The molecule has 2 unspecified atom stereocenters. The van der Waals surface area contributed by atoms with E-state index in [-0.39, 0.29) is 12.1 Å². The summed E-state index contributed by atoms with van der Waals surface area (Å²) in [5.74, 6) is 0. The zero-order valence-electron chi connectivity index (χ0n) is 10.1. The number of piperidine rings is 1. The number of hydrogen-bond donors (Lipinski definition) is 0. The summed E-state index contributed by atoms with van der Waals surface area (Å²) in [4.78, 5) is 0. The van der Waals surface area contributed by atoms with Gasteiger partial charge in [-0.25, -0.2) is 0 Å². The molecule has 2 bridgehead atoms. The van der Waals surface area contributed by atoms with E-state index in [4.69, 9.17) is 0 Å². The molecule has 0 spiro atoms. The van der Waals surface area contributed by atoms with Crippen LogP contribution in [0.3, 0.4) is 0 Å². The van der Waals surface area contributed by atoms with Crippen LogP contribution in [0.2, 0.25) is 0 Å². The second-order valence-electron chi connectivity index (χ2n) is 4.83. The van der Waals surface area contributed by atoms with Gasteiger partial charge in [0.1, 0.15) is 0 Å². The van der Waals surface area contributed by atoms with Gasteiger partial charge in [0, 0.05) is 31.4 Å². The minimum absolute atomic E-state index is 0.239. The van der Waals surface area contributed by atoms with E-state index in [1.54, 1.807) is 18.4 Å². The molecule has 2 atom stereocenters. The van der Waals surface area contributed by atoms with Gasteiger partial charge in [-0.05, 0) is 31.9 Å². The fourth-order valence-corrected chi connectivity index (χ4v) is 5.18. The van der Waals surface area contributed by atoms with Gasteiger partial charge >= 0.3 is 0 Å². The van der Waals surface area contributed by atoms with Crippen LogP contribution in [-0.4, -0.2) is 54.7 Å². The average molecular weight is 264 g/mol. The third kappa shape index (κ3) is 2.00. The summed E-state index contributed by atoms with van der Waals surface area (Å²) >= 11 is 1.88. The molecular weight excluding hydrogens is 244 g/mol. The van der Waals surface area contributed by atoms with Crippen LogP contribution in [0.1, 0.15) is 25.7 Å². The Morgan fingerprint density at radius 1 is 1.19 bits per heavy atom. The summed E-state index contributed by atoms with van der Waals surface area (Å²) in [6, 6.07) is 0.479. The van der Waals surface area contributed by atoms with Gasteiger partial charge in [0.15, 0.2) is 0 Å². The van der Waals surface area contributed by atoms with Crippen LogP contribution in [0.4, 0.5) is 0 Å². The van der Waals surface area contributed by atoms with Crippen molar-refractivity contribution in [3.63, 3.8) is 0 Å². The van der Waals surface area contributed by atoms with Gasteiger partial charge in [-0.1, -0.05) is 0 Å². The van der Waals surface area contributed by atoms with Crippen LogP contribution in [0.15, 0.2) is 0 Å². The molecular formula is C10H20N2O2S2. The quantitative estimate of drug-likeness (QED) is 0.768. The first-order chi connectivity index (χ1) is 7.46. The predicted octanol–water partition coefficient (Wildman–Crippen LogP) is 1.15. The zero-order valence-corrected chi connectivity index (χ0v) is 11.7. The number of rotatable bonds is 3. The maximum Gasteiger partial charge on any atom is 0.281 e.